The lowest BCUT2D eigenvalue weighted by molar-refractivity contribution is -0.137. The number of carbonyl (C=O) groups excluding carboxylic acids is 1. The SMILES string of the molecule is CCOC(=O)C(C=N[C@@H](C(C)C)C(C)(C)O[Si]C(C)(C)C)=C(O)c1cc(Br)c(OC)cc1OC. The van der Waals surface area contributed by atoms with Crippen LogP contribution >= 0.6 is 15.9 Å². The molecule has 0 amide bonds. The van der Waals surface area contributed by atoms with Crippen LogP contribution < -0.4 is 9.47 Å². The summed E-state index contributed by atoms with van der Waals surface area (Å²) in [6.45, 7) is 16.3. The third-order valence-corrected chi connectivity index (χ3v) is 6.67. The zero-order valence-electron chi connectivity index (χ0n) is 21.9. The number of esters is 1. The fraction of sp³-hybridized carbons (Fsp3) is 0.600. The van der Waals surface area contributed by atoms with Crippen LogP contribution in [0.4, 0.5) is 0 Å². The average molecular weight is 557 g/mol. The fourth-order valence-corrected chi connectivity index (χ4v) is 4.46. The second-order valence-electron chi connectivity index (χ2n) is 9.69. The number of methoxy groups -OCH3 is 2. The Morgan fingerprint density at radius 3 is 2.21 bits per heavy atom. The van der Waals surface area contributed by atoms with E-state index in [4.69, 9.17) is 23.6 Å². The van der Waals surface area contributed by atoms with Gasteiger partial charge in [0.05, 0.1) is 42.5 Å². The molecule has 2 radical (unpaired) electrons. The van der Waals surface area contributed by atoms with Crippen LogP contribution in [0.5, 0.6) is 11.5 Å². The van der Waals surface area contributed by atoms with Crippen molar-refractivity contribution < 1.29 is 28.5 Å². The van der Waals surface area contributed by atoms with E-state index in [1.807, 2.05) is 27.7 Å². The smallest absolute Gasteiger partial charge is 0.343 e. The normalized spacial score (nSPS) is 14.2. The summed E-state index contributed by atoms with van der Waals surface area (Å²) in [7, 11) is 3.28. The second-order valence-corrected chi connectivity index (χ2v) is 12.5. The summed E-state index contributed by atoms with van der Waals surface area (Å²) in [5, 5.41) is 11.2. The van der Waals surface area contributed by atoms with Crippen LogP contribution in [0.3, 0.4) is 0 Å². The molecule has 1 N–H and O–H groups in total. The Morgan fingerprint density at radius 1 is 1.15 bits per heavy atom. The number of aliphatic imine (C=N–C) groups is 1. The van der Waals surface area contributed by atoms with Crippen molar-refractivity contribution in [3.8, 4) is 11.5 Å². The summed E-state index contributed by atoms with van der Waals surface area (Å²) in [5.41, 5.74) is -0.362. The number of benzene rings is 1. The molecule has 0 saturated carbocycles. The van der Waals surface area contributed by atoms with Gasteiger partial charge in [-0.2, -0.15) is 0 Å². The van der Waals surface area contributed by atoms with Crippen molar-refractivity contribution in [3.05, 3.63) is 27.7 Å². The van der Waals surface area contributed by atoms with Crippen molar-refractivity contribution in [2.24, 2.45) is 10.9 Å². The molecular formula is C25H38BrNO6Si. The van der Waals surface area contributed by atoms with Gasteiger partial charge >= 0.3 is 5.97 Å². The summed E-state index contributed by atoms with van der Waals surface area (Å²) < 4.78 is 22.8. The molecule has 190 valence electrons. The van der Waals surface area contributed by atoms with Crippen LogP contribution in [0.25, 0.3) is 5.76 Å². The Morgan fingerprint density at radius 2 is 1.74 bits per heavy atom. The Kier molecular flexibility index (Phi) is 11.3. The van der Waals surface area contributed by atoms with Gasteiger partial charge in [0.15, 0.2) is 0 Å². The zero-order valence-corrected chi connectivity index (χ0v) is 24.5. The molecule has 0 fully saturated rings. The van der Waals surface area contributed by atoms with E-state index >= 15 is 0 Å². The van der Waals surface area contributed by atoms with Gasteiger partial charge in [-0.3, -0.25) is 4.99 Å². The third kappa shape index (κ3) is 8.43. The maximum atomic E-state index is 12.8. The van der Waals surface area contributed by atoms with Crippen LogP contribution in [0, 0.1) is 5.92 Å². The van der Waals surface area contributed by atoms with Crippen molar-refractivity contribution in [1.29, 1.82) is 0 Å². The molecule has 1 aromatic rings. The standard InChI is InChI=1S/C25H38BrNO6Si/c1-11-32-23(29)17(21(28)16-12-18(26)20(31-10)13-19(16)30-9)14-27-22(15(2)3)25(7,8)33-34-24(4,5)6/h12-15,22,28H,11H2,1-10H3/t22-/m0/s1. The van der Waals surface area contributed by atoms with Gasteiger partial charge in [0, 0.05) is 12.3 Å². The number of hydrogen-bond donors (Lipinski definition) is 1. The van der Waals surface area contributed by atoms with Crippen LogP contribution in [-0.2, 0) is 14.0 Å². The van der Waals surface area contributed by atoms with Gasteiger partial charge < -0.3 is 23.7 Å². The molecule has 0 aliphatic heterocycles. The first-order valence-electron chi connectivity index (χ1n) is 11.2. The molecule has 0 bridgehead atoms. The number of aliphatic hydroxyl groups excluding tert-OH is 1. The maximum Gasteiger partial charge on any atom is 0.343 e. The van der Waals surface area contributed by atoms with Crippen LogP contribution in [0.1, 0.15) is 61.0 Å². The van der Waals surface area contributed by atoms with E-state index in [-0.39, 0.29) is 44.7 Å². The maximum absolute atomic E-state index is 12.8. The van der Waals surface area contributed by atoms with Gasteiger partial charge in [-0.25, -0.2) is 4.79 Å². The molecule has 0 unspecified atom stereocenters. The number of ether oxygens (including phenoxy) is 3. The minimum Gasteiger partial charge on any atom is -0.506 e. The number of nitrogens with zero attached hydrogens (tertiary/aromatic N) is 1. The van der Waals surface area contributed by atoms with Crippen molar-refractivity contribution in [1.82, 2.24) is 0 Å². The average Bonchev–Trinajstić information content (AvgIpc) is 2.74. The predicted molar refractivity (Wildman–Crippen MR) is 141 cm³/mol. The van der Waals surface area contributed by atoms with Crippen molar-refractivity contribution >= 4 is 43.6 Å². The van der Waals surface area contributed by atoms with E-state index in [0.29, 0.717) is 21.5 Å². The Balaban J connectivity index is 3.57. The number of carbonyl (C=O) groups is 1. The quantitative estimate of drug-likeness (QED) is 0.118. The molecule has 0 aromatic heterocycles. The lowest BCUT2D eigenvalue weighted by Gasteiger charge is -2.36. The summed E-state index contributed by atoms with van der Waals surface area (Å²) in [6, 6.07) is 2.97. The molecule has 0 spiro atoms. The first-order valence-corrected chi connectivity index (χ1v) is 12.9. The van der Waals surface area contributed by atoms with Crippen molar-refractivity contribution in [3.63, 3.8) is 0 Å². The molecule has 0 aliphatic carbocycles. The molecule has 1 atom stereocenters. The fourth-order valence-electron chi connectivity index (χ4n) is 3.26. The van der Waals surface area contributed by atoms with Gasteiger partial charge in [-0.15, -0.1) is 0 Å². The number of aliphatic hydroxyl groups is 1. The van der Waals surface area contributed by atoms with E-state index < -0.39 is 11.6 Å². The highest BCUT2D eigenvalue weighted by atomic mass is 79.9. The summed E-state index contributed by atoms with van der Waals surface area (Å²) in [5.74, 6) is -0.0107. The lowest BCUT2D eigenvalue weighted by Crippen LogP contribution is -2.43. The van der Waals surface area contributed by atoms with E-state index in [9.17, 15) is 9.90 Å². The molecule has 0 aliphatic rings. The Hall–Kier alpha value is -1.84. The highest BCUT2D eigenvalue weighted by Crippen LogP contribution is 2.37. The summed E-state index contributed by atoms with van der Waals surface area (Å²) in [6.07, 6.45) is 1.38. The molecular weight excluding hydrogens is 518 g/mol. The number of rotatable bonds is 11. The highest BCUT2D eigenvalue weighted by Gasteiger charge is 2.34. The first-order chi connectivity index (χ1) is 15.7. The molecule has 9 heteroatoms. The molecule has 34 heavy (non-hydrogen) atoms. The molecule has 0 heterocycles. The van der Waals surface area contributed by atoms with Gasteiger partial charge in [-0.1, -0.05) is 34.6 Å². The minimum atomic E-state index is -0.685. The van der Waals surface area contributed by atoms with E-state index in [1.54, 1.807) is 19.1 Å². The summed E-state index contributed by atoms with van der Waals surface area (Å²) >= 11 is 3.42. The first kappa shape index (κ1) is 30.2. The lowest BCUT2D eigenvalue weighted by atomic mass is 9.90. The van der Waals surface area contributed by atoms with Gasteiger partial charge in [0.2, 0.25) is 9.76 Å². The molecule has 1 rings (SSSR count). The highest BCUT2D eigenvalue weighted by molar-refractivity contribution is 9.10. The second kappa shape index (κ2) is 12.7. The number of hydrogen-bond acceptors (Lipinski definition) is 7. The van der Waals surface area contributed by atoms with E-state index in [1.165, 1.54) is 20.4 Å². The predicted octanol–water partition coefficient (Wildman–Crippen LogP) is 6.03. The Bertz CT molecular complexity index is 905. The third-order valence-electron chi connectivity index (χ3n) is 4.81. The van der Waals surface area contributed by atoms with Crippen LogP contribution in [0.2, 0.25) is 5.04 Å². The Labute approximate surface area is 215 Å². The molecule has 1 aromatic carbocycles. The van der Waals surface area contributed by atoms with E-state index in [2.05, 4.69) is 36.7 Å². The topological polar surface area (TPSA) is 86.6 Å². The zero-order chi connectivity index (χ0) is 26.3. The van der Waals surface area contributed by atoms with Crippen molar-refractivity contribution in [2.75, 3.05) is 20.8 Å². The van der Waals surface area contributed by atoms with Gasteiger partial charge in [-0.05, 0) is 53.7 Å². The van der Waals surface area contributed by atoms with Crippen LogP contribution in [0.15, 0.2) is 27.2 Å². The van der Waals surface area contributed by atoms with Gasteiger partial charge in [0.1, 0.15) is 22.8 Å². The van der Waals surface area contributed by atoms with Gasteiger partial charge in [0.25, 0.3) is 0 Å². The largest absolute Gasteiger partial charge is 0.506 e. The minimum absolute atomic E-state index is 0.0229. The van der Waals surface area contributed by atoms with E-state index in [0.717, 1.165) is 0 Å². The monoisotopic (exact) mass is 555 g/mol. The molecule has 0 saturated heterocycles. The van der Waals surface area contributed by atoms with Crippen LogP contribution in [-0.4, -0.2) is 59.5 Å². The molecule has 7 nitrogen and oxygen atoms in total. The number of halogens is 1. The summed E-state index contributed by atoms with van der Waals surface area (Å²) in [4.78, 5) is 17.5. The van der Waals surface area contributed by atoms with Crippen molar-refractivity contribution in [2.45, 2.75) is 72.1 Å².